The monoisotopic (exact) mass is 179 g/mol. The minimum atomic E-state index is -2.91. The summed E-state index contributed by atoms with van der Waals surface area (Å²) in [5.74, 6) is -1.58. The highest BCUT2D eigenvalue weighted by molar-refractivity contribution is 5.10. The molecule has 0 spiro atoms. The van der Waals surface area contributed by atoms with Crippen LogP contribution in [0, 0.1) is 12.0 Å². The Bertz CT molecular complexity index is 261. The number of nitrogens with zero attached hydrogens (tertiary/aromatic N) is 2. The quantitative estimate of drug-likeness (QED) is 0.704. The van der Waals surface area contributed by atoms with Gasteiger partial charge in [0.2, 0.25) is 5.82 Å². The highest BCUT2D eigenvalue weighted by Crippen LogP contribution is 2.21. The van der Waals surface area contributed by atoms with Crippen LogP contribution in [0.2, 0.25) is 0 Å². The molecule has 1 aromatic heterocycles. The average molecular weight is 179 g/mol. The summed E-state index contributed by atoms with van der Waals surface area (Å²) < 4.78 is 41.3. The van der Waals surface area contributed by atoms with Crippen molar-refractivity contribution in [3.05, 3.63) is 12.0 Å². The highest BCUT2D eigenvalue weighted by Gasteiger charge is 2.18. The maximum Gasteiger partial charge on any atom is 0.336 e. The van der Waals surface area contributed by atoms with Gasteiger partial charge in [0.15, 0.2) is 6.20 Å². The van der Waals surface area contributed by atoms with Crippen LogP contribution in [0.25, 0.3) is 0 Å². The minimum absolute atomic E-state index is 0.100. The summed E-state index contributed by atoms with van der Waals surface area (Å²) >= 11 is 0. The lowest BCUT2D eigenvalue weighted by Gasteiger charge is -2.05. The van der Waals surface area contributed by atoms with E-state index in [4.69, 9.17) is 0 Å². The van der Waals surface area contributed by atoms with Crippen LogP contribution in [0.3, 0.4) is 0 Å². The molecule has 1 rings (SSSR count). The summed E-state index contributed by atoms with van der Waals surface area (Å²) in [6, 6.07) is 0. The van der Waals surface area contributed by atoms with Gasteiger partial charge in [0.25, 0.3) is 5.88 Å². The molecular formula is C6H6F3N2O. The standard InChI is InChI=1S/C6H6F3N2O/c1-2-12-5-4(7)3-10-11(5)6(8)9/h6H,2H2,1H3. The van der Waals surface area contributed by atoms with E-state index in [9.17, 15) is 13.2 Å². The molecule has 0 saturated heterocycles. The first-order valence-corrected chi connectivity index (χ1v) is 3.23. The molecule has 1 aromatic rings. The van der Waals surface area contributed by atoms with Crippen molar-refractivity contribution in [3.63, 3.8) is 0 Å². The van der Waals surface area contributed by atoms with E-state index in [0.717, 1.165) is 0 Å². The summed E-state index contributed by atoms with van der Waals surface area (Å²) in [6.07, 6.45) is 1.74. The molecule has 0 saturated carbocycles. The van der Waals surface area contributed by atoms with Gasteiger partial charge in [-0.25, -0.2) is 0 Å². The number of halogens is 3. The van der Waals surface area contributed by atoms with Crippen LogP contribution in [-0.4, -0.2) is 16.4 Å². The number of hydrogen-bond acceptors (Lipinski definition) is 2. The van der Waals surface area contributed by atoms with Crippen molar-refractivity contribution in [1.82, 2.24) is 9.78 Å². The first kappa shape index (κ1) is 8.89. The van der Waals surface area contributed by atoms with E-state index in [1.807, 2.05) is 0 Å². The second-order valence-electron chi connectivity index (χ2n) is 1.89. The lowest BCUT2D eigenvalue weighted by molar-refractivity contribution is 0.0449. The Kier molecular flexibility index (Phi) is 2.57. The first-order valence-electron chi connectivity index (χ1n) is 3.23. The number of aromatic nitrogens is 2. The molecule has 67 valence electrons. The van der Waals surface area contributed by atoms with Gasteiger partial charge in [0.1, 0.15) is 0 Å². The molecule has 6 heteroatoms. The lowest BCUT2D eigenvalue weighted by atomic mass is 10.6. The molecular weight excluding hydrogens is 173 g/mol. The van der Waals surface area contributed by atoms with E-state index in [0.29, 0.717) is 0 Å². The van der Waals surface area contributed by atoms with Crippen LogP contribution >= 0.6 is 0 Å². The molecule has 0 amide bonds. The molecule has 0 unspecified atom stereocenters. The number of ether oxygens (including phenoxy) is 1. The molecule has 0 aromatic carbocycles. The molecule has 0 atom stereocenters. The van der Waals surface area contributed by atoms with Crippen molar-refractivity contribution < 1.29 is 17.9 Å². The molecule has 3 nitrogen and oxygen atoms in total. The normalized spacial score (nSPS) is 10.8. The van der Waals surface area contributed by atoms with Crippen LogP contribution in [0.1, 0.15) is 13.5 Å². The SMILES string of the molecule is CCOc1c(F)[c]nn1C(F)F. The van der Waals surface area contributed by atoms with Gasteiger partial charge in [-0.1, -0.05) is 0 Å². The van der Waals surface area contributed by atoms with E-state index in [1.54, 1.807) is 13.1 Å². The molecule has 1 radical (unpaired) electrons. The van der Waals surface area contributed by atoms with Crippen molar-refractivity contribution >= 4 is 0 Å². The Balaban J connectivity index is 2.95. The van der Waals surface area contributed by atoms with Crippen molar-refractivity contribution in [2.24, 2.45) is 0 Å². The highest BCUT2D eigenvalue weighted by atomic mass is 19.3. The van der Waals surface area contributed by atoms with Gasteiger partial charge in [-0.05, 0) is 6.92 Å². The van der Waals surface area contributed by atoms with E-state index in [1.165, 1.54) is 0 Å². The van der Waals surface area contributed by atoms with Crippen molar-refractivity contribution in [2.75, 3.05) is 6.61 Å². The van der Waals surface area contributed by atoms with Gasteiger partial charge in [0.05, 0.1) is 6.61 Å². The molecule has 12 heavy (non-hydrogen) atoms. The van der Waals surface area contributed by atoms with Gasteiger partial charge in [0, 0.05) is 0 Å². The van der Waals surface area contributed by atoms with Crippen LogP contribution in [0.4, 0.5) is 13.2 Å². The predicted molar refractivity (Wildman–Crippen MR) is 33.4 cm³/mol. The molecule has 0 fully saturated rings. The van der Waals surface area contributed by atoms with Crippen LogP contribution in [0.15, 0.2) is 0 Å². The Morgan fingerprint density at radius 3 is 2.83 bits per heavy atom. The minimum Gasteiger partial charge on any atom is -0.476 e. The van der Waals surface area contributed by atoms with Crippen molar-refractivity contribution in [1.29, 1.82) is 0 Å². The van der Waals surface area contributed by atoms with Gasteiger partial charge in [-0.15, -0.1) is 0 Å². The Morgan fingerprint density at radius 2 is 2.33 bits per heavy atom. The number of rotatable bonds is 3. The van der Waals surface area contributed by atoms with Gasteiger partial charge in [-0.3, -0.25) is 0 Å². The first-order chi connectivity index (χ1) is 5.66. The van der Waals surface area contributed by atoms with Gasteiger partial charge in [-0.2, -0.15) is 23.0 Å². The molecule has 1 heterocycles. The third kappa shape index (κ3) is 1.51. The maximum absolute atomic E-state index is 12.6. The predicted octanol–water partition coefficient (Wildman–Crippen LogP) is 1.62. The molecule has 0 aliphatic heterocycles. The zero-order valence-corrected chi connectivity index (χ0v) is 6.22. The molecule has 0 N–H and O–H groups in total. The van der Waals surface area contributed by atoms with E-state index in [2.05, 4.69) is 9.84 Å². The summed E-state index contributed by atoms with van der Waals surface area (Å²) in [6.45, 7) is -1.25. The summed E-state index contributed by atoms with van der Waals surface area (Å²) in [5.41, 5.74) is 0. The second kappa shape index (κ2) is 3.46. The van der Waals surface area contributed by atoms with Gasteiger partial charge >= 0.3 is 6.55 Å². The van der Waals surface area contributed by atoms with Crippen LogP contribution in [-0.2, 0) is 0 Å². The maximum atomic E-state index is 12.6. The average Bonchev–Trinajstić information content (AvgIpc) is 2.34. The molecule has 0 aliphatic carbocycles. The molecule has 0 aliphatic rings. The van der Waals surface area contributed by atoms with E-state index in [-0.39, 0.29) is 11.3 Å². The largest absolute Gasteiger partial charge is 0.476 e. The van der Waals surface area contributed by atoms with Crippen molar-refractivity contribution in [2.45, 2.75) is 13.5 Å². The fourth-order valence-corrected chi connectivity index (χ4v) is 0.690. The zero-order valence-electron chi connectivity index (χ0n) is 6.22. The van der Waals surface area contributed by atoms with Crippen molar-refractivity contribution in [3.8, 4) is 5.88 Å². The summed E-state index contributed by atoms with van der Waals surface area (Å²) in [7, 11) is 0. The third-order valence-electron chi connectivity index (χ3n) is 1.12. The Labute approximate surface area is 66.7 Å². The van der Waals surface area contributed by atoms with E-state index >= 15 is 0 Å². The smallest absolute Gasteiger partial charge is 0.336 e. The van der Waals surface area contributed by atoms with Crippen LogP contribution < -0.4 is 4.74 Å². The second-order valence-corrected chi connectivity index (χ2v) is 1.89. The summed E-state index contributed by atoms with van der Waals surface area (Å²) in [5, 5.41) is 2.98. The van der Waals surface area contributed by atoms with Crippen LogP contribution in [0.5, 0.6) is 5.88 Å². The number of alkyl halides is 2. The lowest BCUT2D eigenvalue weighted by Crippen LogP contribution is -2.05. The Morgan fingerprint density at radius 1 is 1.67 bits per heavy atom. The van der Waals surface area contributed by atoms with Gasteiger partial charge < -0.3 is 4.74 Å². The zero-order chi connectivity index (χ0) is 9.14. The number of hydrogen-bond donors (Lipinski definition) is 0. The topological polar surface area (TPSA) is 27.1 Å². The third-order valence-corrected chi connectivity index (χ3v) is 1.12. The van der Waals surface area contributed by atoms with E-state index < -0.39 is 18.2 Å². The fraction of sp³-hybridized carbons (Fsp3) is 0.500. The Hall–Kier alpha value is -1.20. The molecule has 0 bridgehead atoms. The fourth-order valence-electron chi connectivity index (χ4n) is 0.690. The summed E-state index contributed by atoms with van der Waals surface area (Å²) in [4.78, 5) is 0.